The Balaban J connectivity index is 1.10. The Hall–Kier alpha value is -10.6. The molecular formula is C64H80N6O36. The molecule has 0 unspecified atom stereocenters. The first-order valence-electron chi connectivity index (χ1n) is 32.4. The predicted molar refractivity (Wildman–Crippen MR) is 332 cm³/mol. The normalized spacial score (nSPS) is 28.2. The molecule has 4 fully saturated rings. The minimum absolute atomic E-state index is 0.130. The number of hydrogen-bond acceptors (Lipinski definition) is 40. The molecule has 4 saturated heterocycles. The molecule has 0 spiro atoms. The van der Waals surface area contributed by atoms with Gasteiger partial charge in [0.05, 0.1) is 12.4 Å². The van der Waals surface area contributed by atoms with Crippen LogP contribution in [0.25, 0.3) is 0 Å². The Morgan fingerprint density at radius 1 is 0.302 bits per heavy atom. The Kier molecular flexibility index (Phi) is 29.6. The molecule has 4 aliphatic rings. The topological polar surface area (TPSA) is 503 Å². The van der Waals surface area contributed by atoms with E-state index in [0.29, 0.717) is 0 Å². The number of esters is 14. The van der Waals surface area contributed by atoms with Gasteiger partial charge >= 0.3 is 83.6 Å². The van der Waals surface area contributed by atoms with Crippen LogP contribution in [0.4, 0.5) is 0 Å². The minimum Gasteiger partial charge on any atom is -0.487 e. The summed E-state index contributed by atoms with van der Waals surface area (Å²) >= 11 is 0. The SMILES string of the molecule is CC(=O)OC[C@H]1O[C@@H](O[C@H]2[C@H](OC(C)=O)[C@@H](OC(C)=O)[C@H](n3cc(COc4ccc(OCc5cn([C@@H]6O[C@H](COC(C)=O)[C@@H](O[C@@H]7O[C@H](COC(C)=O)[C@H](OC(C)=O)[C@H](OC(C)=O)[C@H]7OC(C)=O)[C@H](OC(C)=O)[C@H]6OC(C)=O)nn5)cc4)nn3)O[C@@H]2COC(C)=O)[C@H](OC(C)=O)[C@@H](OC(C)=O)[C@H]1OC(C)=O. The van der Waals surface area contributed by atoms with Gasteiger partial charge in [0.15, 0.2) is 86.1 Å². The third-order valence-electron chi connectivity index (χ3n) is 15.0. The van der Waals surface area contributed by atoms with Gasteiger partial charge in [-0.15, -0.1) is 10.2 Å². The number of rotatable bonds is 30. The maximum absolute atomic E-state index is 13.1. The molecule has 0 bridgehead atoms. The van der Waals surface area contributed by atoms with E-state index in [-0.39, 0.29) is 36.1 Å². The third kappa shape index (κ3) is 23.7. The lowest BCUT2D eigenvalue weighted by molar-refractivity contribution is -0.349. The first-order chi connectivity index (χ1) is 50.0. The van der Waals surface area contributed by atoms with E-state index in [4.69, 9.17) is 104 Å². The molecule has 582 valence electrons. The summed E-state index contributed by atoms with van der Waals surface area (Å²) in [6, 6.07) is 6.07. The van der Waals surface area contributed by atoms with Gasteiger partial charge in [0, 0.05) is 96.9 Å². The highest BCUT2D eigenvalue weighted by Crippen LogP contribution is 2.41. The Morgan fingerprint density at radius 3 is 0.802 bits per heavy atom. The molecule has 2 aromatic heterocycles. The van der Waals surface area contributed by atoms with Crippen LogP contribution in [0.5, 0.6) is 11.5 Å². The Morgan fingerprint density at radius 2 is 0.538 bits per heavy atom. The molecule has 0 saturated carbocycles. The van der Waals surface area contributed by atoms with E-state index in [0.717, 1.165) is 106 Å². The summed E-state index contributed by atoms with van der Waals surface area (Å²) < 4.78 is 130. The van der Waals surface area contributed by atoms with E-state index >= 15 is 0 Å². The average molecular weight is 1510 g/mol. The molecule has 0 amide bonds. The maximum Gasteiger partial charge on any atom is 0.303 e. The van der Waals surface area contributed by atoms with Crippen LogP contribution in [0.15, 0.2) is 36.7 Å². The van der Waals surface area contributed by atoms with Crippen molar-refractivity contribution in [1.29, 1.82) is 0 Å². The van der Waals surface area contributed by atoms with E-state index in [1.807, 2.05) is 0 Å². The largest absolute Gasteiger partial charge is 0.487 e. The fourth-order valence-electron chi connectivity index (χ4n) is 11.4. The molecule has 42 nitrogen and oxygen atoms in total. The predicted octanol–water partition coefficient (Wildman–Crippen LogP) is -0.388. The quantitative estimate of drug-likeness (QED) is 0.0606. The van der Waals surface area contributed by atoms with Gasteiger partial charge in [-0.05, 0) is 24.3 Å². The fraction of sp³-hybridized carbons (Fsp3) is 0.625. The van der Waals surface area contributed by atoms with Crippen LogP contribution in [0.2, 0.25) is 0 Å². The number of carbonyl (C=O) groups is 14. The van der Waals surface area contributed by atoms with Crippen LogP contribution in [0, 0.1) is 0 Å². The number of nitrogens with zero attached hydrogens (tertiary/aromatic N) is 6. The molecule has 42 heteroatoms. The van der Waals surface area contributed by atoms with Gasteiger partial charge in [-0.3, -0.25) is 67.1 Å². The van der Waals surface area contributed by atoms with E-state index in [2.05, 4.69) is 20.6 Å². The molecule has 0 N–H and O–H groups in total. The first kappa shape index (κ1) is 82.7. The summed E-state index contributed by atoms with van der Waals surface area (Å²) in [6.07, 6.45) is -31.2. The number of aromatic nitrogens is 6. The van der Waals surface area contributed by atoms with Crippen molar-refractivity contribution in [2.24, 2.45) is 0 Å². The van der Waals surface area contributed by atoms with E-state index in [1.165, 1.54) is 36.7 Å². The molecular weight excluding hydrogens is 1430 g/mol. The highest BCUT2D eigenvalue weighted by atomic mass is 16.8. The van der Waals surface area contributed by atoms with Crippen molar-refractivity contribution >= 4 is 83.6 Å². The second-order valence-corrected chi connectivity index (χ2v) is 23.8. The van der Waals surface area contributed by atoms with E-state index < -0.39 is 233 Å². The molecule has 1 aromatic carbocycles. The molecule has 6 heterocycles. The van der Waals surface area contributed by atoms with Crippen LogP contribution in [0.1, 0.15) is 121 Å². The van der Waals surface area contributed by atoms with Crippen molar-refractivity contribution in [3.63, 3.8) is 0 Å². The van der Waals surface area contributed by atoms with Gasteiger partial charge in [-0.25, -0.2) is 9.36 Å². The van der Waals surface area contributed by atoms with Crippen molar-refractivity contribution in [3.05, 3.63) is 48.0 Å². The monoisotopic (exact) mass is 1510 g/mol. The van der Waals surface area contributed by atoms with Crippen LogP contribution < -0.4 is 9.47 Å². The molecule has 4 aliphatic heterocycles. The molecule has 106 heavy (non-hydrogen) atoms. The van der Waals surface area contributed by atoms with E-state index in [1.54, 1.807) is 0 Å². The summed E-state index contributed by atoms with van der Waals surface area (Å²) in [6.45, 7) is 11.1. The third-order valence-corrected chi connectivity index (χ3v) is 15.0. The maximum atomic E-state index is 13.1. The van der Waals surface area contributed by atoms with Crippen LogP contribution in [-0.4, -0.2) is 250 Å². The Bertz CT molecular complexity index is 3420. The fourth-order valence-corrected chi connectivity index (χ4v) is 11.4. The van der Waals surface area contributed by atoms with Crippen LogP contribution in [-0.2, 0) is 175 Å². The minimum atomic E-state index is -1.93. The zero-order valence-electron chi connectivity index (χ0n) is 59.6. The van der Waals surface area contributed by atoms with Gasteiger partial charge in [0.1, 0.15) is 99.2 Å². The van der Waals surface area contributed by atoms with Crippen molar-refractivity contribution in [2.45, 2.75) is 233 Å². The van der Waals surface area contributed by atoms with Crippen molar-refractivity contribution in [1.82, 2.24) is 30.0 Å². The number of ether oxygens (including phenoxy) is 22. The summed E-state index contributed by atoms with van der Waals surface area (Å²) in [5, 5.41) is 16.7. The summed E-state index contributed by atoms with van der Waals surface area (Å²) in [5.41, 5.74) is 0.260. The second-order valence-electron chi connectivity index (χ2n) is 23.8. The number of carbonyl (C=O) groups excluding carboxylic acids is 14. The highest BCUT2D eigenvalue weighted by Gasteiger charge is 2.60. The molecule has 20 atom stereocenters. The molecule has 0 radical (unpaired) electrons. The lowest BCUT2D eigenvalue weighted by Gasteiger charge is -2.48. The van der Waals surface area contributed by atoms with Gasteiger partial charge in [0.2, 0.25) is 0 Å². The average Bonchev–Trinajstić information content (AvgIpc) is 1.04. The summed E-state index contributed by atoms with van der Waals surface area (Å²) in [7, 11) is 0. The van der Waals surface area contributed by atoms with Gasteiger partial charge in [0.25, 0.3) is 0 Å². The molecule has 0 aliphatic carbocycles. The van der Waals surface area contributed by atoms with Crippen LogP contribution >= 0.6 is 0 Å². The van der Waals surface area contributed by atoms with Gasteiger partial charge in [-0.2, -0.15) is 0 Å². The lowest BCUT2D eigenvalue weighted by atomic mass is 9.95. The van der Waals surface area contributed by atoms with Crippen molar-refractivity contribution < 1.29 is 171 Å². The van der Waals surface area contributed by atoms with E-state index in [9.17, 15) is 67.1 Å². The smallest absolute Gasteiger partial charge is 0.303 e. The second kappa shape index (κ2) is 37.9. The standard InChI is InChI=1S/C64H80N6O36/c1-27(71)85-23-45-51(105-63-59(99-39(13)83)55(95-35(9)79)49(91-31(5)75)47(103-63)25-87-29(3)73)53(93-33(7)77)57(97-37(11)81)61(101-45)69-19-41(65-67-69)21-89-43-15-17-44(18-16-43)90-22-42-20-70(68-66-42)62-58(98-38(12)82)54(94-34(8)78)52(46(102-62)24-86-28(2)72)106-64-60(100-40(14)84)56(96-36(10)80)50(92-32(6)76)48(104-64)26-88-30(4)74/h15-20,45-64H,21-26H2,1-14H3/t45-,46-,47-,48-,49+,50+,51-,52-,53+,54+,55+,56+,57-,58-,59-,60-,61-,62-,63+,64+/m1/s1. The summed E-state index contributed by atoms with van der Waals surface area (Å²) in [5.74, 6) is -12.4. The highest BCUT2D eigenvalue weighted by molar-refractivity contribution is 5.72. The Labute approximate surface area is 602 Å². The molecule has 3 aromatic rings. The first-order valence-corrected chi connectivity index (χ1v) is 32.4. The van der Waals surface area contributed by atoms with Gasteiger partial charge in [-0.1, -0.05) is 10.4 Å². The number of benzene rings is 1. The van der Waals surface area contributed by atoms with Crippen molar-refractivity contribution in [2.75, 3.05) is 26.4 Å². The van der Waals surface area contributed by atoms with Crippen molar-refractivity contribution in [3.8, 4) is 11.5 Å². The number of hydrogen-bond donors (Lipinski definition) is 0. The van der Waals surface area contributed by atoms with Crippen LogP contribution in [0.3, 0.4) is 0 Å². The zero-order chi connectivity index (χ0) is 78.0. The molecule has 7 rings (SSSR count). The lowest BCUT2D eigenvalue weighted by Crippen LogP contribution is -2.66. The summed E-state index contributed by atoms with van der Waals surface area (Å²) in [4.78, 5) is 177. The zero-order valence-corrected chi connectivity index (χ0v) is 59.6. The van der Waals surface area contributed by atoms with Gasteiger partial charge < -0.3 is 104 Å².